The van der Waals surface area contributed by atoms with Gasteiger partial charge in [0.15, 0.2) is 5.54 Å². The lowest BCUT2D eigenvalue weighted by Gasteiger charge is -2.29. The van der Waals surface area contributed by atoms with E-state index in [0.29, 0.717) is 11.4 Å². The lowest BCUT2D eigenvalue weighted by molar-refractivity contribution is -0.147. The van der Waals surface area contributed by atoms with Gasteiger partial charge in [-0.15, -0.1) is 0 Å². The minimum Gasteiger partial charge on any atom is -0.479 e. The van der Waals surface area contributed by atoms with E-state index in [1.54, 1.807) is 24.3 Å². The molecule has 9 heteroatoms. The van der Waals surface area contributed by atoms with Crippen LogP contribution in [0.2, 0.25) is 0 Å². The van der Waals surface area contributed by atoms with E-state index in [1.165, 1.54) is 4.90 Å². The lowest BCUT2D eigenvalue weighted by Crippen LogP contribution is -2.55. The van der Waals surface area contributed by atoms with Gasteiger partial charge in [0.05, 0.1) is 18.0 Å². The number of rotatable bonds is 5. The van der Waals surface area contributed by atoms with Crippen molar-refractivity contribution in [3.8, 4) is 0 Å². The fourth-order valence-electron chi connectivity index (χ4n) is 3.03. The second-order valence-electron chi connectivity index (χ2n) is 6.28. The highest BCUT2D eigenvalue weighted by Gasteiger charge is 2.43. The van der Waals surface area contributed by atoms with Crippen LogP contribution < -0.4 is 15.5 Å². The Morgan fingerprint density at radius 2 is 2.04 bits per heavy atom. The summed E-state index contributed by atoms with van der Waals surface area (Å²) < 4.78 is 5.08. The number of carbonyl (C=O) groups excluding carboxylic acids is 3. The molecule has 138 valence electrons. The van der Waals surface area contributed by atoms with Crippen LogP contribution in [0, 0.1) is 0 Å². The molecule has 1 fully saturated rings. The van der Waals surface area contributed by atoms with Gasteiger partial charge in [-0.05, 0) is 12.1 Å². The number of nitrogens with one attached hydrogen (secondary N) is 2. The van der Waals surface area contributed by atoms with Gasteiger partial charge >= 0.3 is 5.97 Å². The molecule has 9 nitrogen and oxygen atoms in total. The van der Waals surface area contributed by atoms with Crippen LogP contribution in [0.4, 0.5) is 11.4 Å². The Balaban J connectivity index is 1.61. The number of aliphatic carboxylic acids is 1. The van der Waals surface area contributed by atoms with E-state index < -0.39 is 17.4 Å². The maximum atomic E-state index is 12.5. The van der Waals surface area contributed by atoms with Gasteiger partial charge in [0, 0.05) is 25.9 Å². The van der Waals surface area contributed by atoms with Gasteiger partial charge in [-0.3, -0.25) is 14.4 Å². The van der Waals surface area contributed by atoms with Crippen LogP contribution in [0.5, 0.6) is 0 Å². The number of nitrogens with zero attached hydrogens (tertiary/aromatic N) is 1. The van der Waals surface area contributed by atoms with E-state index in [4.69, 9.17) is 4.74 Å². The molecule has 26 heavy (non-hydrogen) atoms. The van der Waals surface area contributed by atoms with E-state index in [0.717, 1.165) is 0 Å². The van der Waals surface area contributed by atoms with Gasteiger partial charge < -0.3 is 25.4 Å². The molecule has 1 aromatic carbocycles. The van der Waals surface area contributed by atoms with Crippen molar-refractivity contribution in [2.45, 2.75) is 24.8 Å². The number of carboxylic acid groups (broad SMARTS) is 1. The van der Waals surface area contributed by atoms with Crippen molar-refractivity contribution in [3.63, 3.8) is 0 Å². The summed E-state index contributed by atoms with van der Waals surface area (Å²) in [6, 6.07) is 6.90. The van der Waals surface area contributed by atoms with Gasteiger partial charge in [0.1, 0.15) is 6.54 Å². The van der Waals surface area contributed by atoms with Gasteiger partial charge in [-0.25, -0.2) is 4.79 Å². The van der Waals surface area contributed by atoms with Crippen LogP contribution in [0.25, 0.3) is 0 Å². The largest absolute Gasteiger partial charge is 0.479 e. The Hall–Kier alpha value is -2.94. The fourth-order valence-corrected chi connectivity index (χ4v) is 3.03. The zero-order valence-corrected chi connectivity index (χ0v) is 14.0. The number of ether oxygens (including phenoxy) is 1. The molecule has 3 N–H and O–H groups in total. The average Bonchev–Trinajstić information content (AvgIpc) is 3.08. The van der Waals surface area contributed by atoms with Gasteiger partial charge in [0.2, 0.25) is 17.7 Å². The lowest BCUT2D eigenvalue weighted by atomic mass is 9.98. The van der Waals surface area contributed by atoms with Crippen LogP contribution in [-0.4, -0.2) is 54.1 Å². The number of para-hydroxylation sites is 2. The first-order valence-corrected chi connectivity index (χ1v) is 8.23. The first kappa shape index (κ1) is 17.9. The number of fused-ring (bicyclic) bond motifs is 1. The minimum atomic E-state index is -1.43. The van der Waals surface area contributed by atoms with Crippen LogP contribution in [0.3, 0.4) is 0 Å². The topological polar surface area (TPSA) is 125 Å². The van der Waals surface area contributed by atoms with Crippen molar-refractivity contribution in [2.24, 2.45) is 0 Å². The molecule has 2 aliphatic heterocycles. The van der Waals surface area contributed by atoms with Crippen LogP contribution in [-0.2, 0) is 23.9 Å². The standard InChI is InChI=1S/C17H19N3O6/c21-13(19-17(16(24)25)7-8-26-10-17)5-6-15(23)20-9-14(22)18-11-3-1-2-4-12(11)20/h1-4H,5-10H2,(H,18,22)(H,19,21)(H,24,25). The van der Waals surface area contributed by atoms with Crippen molar-refractivity contribution in [2.75, 3.05) is 30.0 Å². The maximum Gasteiger partial charge on any atom is 0.331 e. The van der Waals surface area contributed by atoms with Crippen molar-refractivity contribution < 1.29 is 29.0 Å². The predicted octanol–water partition coefficient (Wildman–Crippen LogP) is 0.112. The molecule has 0 saturated carbocycles. The monoisotopic (exact) mass is 361 g/mol. The highest BCUT2D eigenvalue weighted by Crippen LogP contribution is 2.29. The third kappa shape index (κ3) is 3.52. The van der Waals surface area contributed by atoms with E-state index in [1.807, 2.05) is 0 Å². The number of benzene rings is 1. The quantitative estimate of drug-likeness (QED) is 0.684. The zero-order chi connectivity index (χ0) is 18.7. The second kappa shape index (κ2) is 7.12. The molecule has 3 rings (SSSR count). The van der Waals surface area contributed by atoms with E-state index in [-0.39, 0.29) is 50.8 Å². The summed E-state index contributed by atoms with van der Waals surface area (Å²) in [7, 11) is 0. The average molecular weight is 361 g/mol. The molecule has 0 spiro atoms. The number of carbonyl (C=O) groups is 4. The molecule has 0 aliphatic carbocycles. The highest BCUT2D eigenvalue weighted by molar-refractivity contribution is 6.10. The molecule has 1 unspecified atom stereocenters. The summed E-state index contributed by atoms with van der Waals surface area (Å²) >= 11 is 0. The van der Waals surface area contributed by atoms with Crippen molar-refractivity contribution >= 4 is 35.1 Å². The van der Waals surface area contributed by atoms with Gasteiger partial charge in [-0.1, -0.05) is 12.1 Å². The number of amides is 3. The van der Waals surface area contributed by atoms with Crippen molar-refractivity contribution in [1.82, 2.24) is 5.32 Å². The molecule has 1 atom stereocenters. The summed E-state index contributed by atoms with van der Waals surface area (Å²) in [6.45, 7) is 0.0389. The predicted molar refractivity (Wildman–Crippen MR) is 90.6 cm³/mol. The molecule has 1 aromatic rings. The Morgan fingerprint density at radius 1 is 1.27 bits per heavy atom. The van der Waals surface area contributed by atoms with Crippen LogP contribution in [0.1, 0.15) is 19.3 Å². The fraction of sp³-hybridized carbons (Fsp3) is 0.412. The van der Waals surface area contributed by atoms with Crippen LogP contribution >= 0.6 is 0 Å². The zero-order valence-electron chi connectivity index (χ0n) is 14.0. The second-order valence-corrected chi connectivity index (χ2v) is 6.28. The molecule has 0 aromatic heterocycles. The Bertz CT molecular complexity index is 757. The van der Waals surface area contributed by atoms with E-state index >= 15 is 0 Å². The third-order valence-electron chi connectivity index (χ3n) is 4.45. The molecule has 3 amide bonds. The summed E-state index contributed by atoms with van der Waals surface area (Å²) in [4.78, 5) is 49.1. The number of hydrogen-bond acceptors (Lipinski definition) is 5. The SMILES string of the molecule is O=C1CN(C(=O)CCC(=O)NC2(C(=O)O)CCOC2)c2ccccc2N1. The normalized spacial score (nSPS) is 21.7. The summed E-state index contributed by atoms with van der Waals surface area (Å²) in [6.07, 6.45) is -0.125. The van der Waals surface area contributed by atoms with Gasteiger partial charge in [-0.2, -0.15) is 0 Å². The Morgan fingerprint density at radius 3 is 2.73 bits per heavy atom. The molecule has 1 saturated heterocycles. The molecular weight excluding hydrogens is 342 g/mol. The first-order chi connectivity index (χ1) is 12.4. The Labute approximate surface area is 149 Å². The molecule has 0 bridgehead atoms. The van der Waals surface area contributed by atoms with Crippen molar-refractivity contribution in [1.29, 1.82) is 0 Å². The number of carboxylic acids is 1. The first-order valence-electron chi connectivity index (χ1n) is 8.23. The van der Waals surface area contributed by atoms with Gasteiger partial charge in [0.25, 0.3) is 0 Å². The highest BCUT2D eigenvalue weighted by atomic mass is 16.5. The number of hydrogen-bond donors (Lipinski definition) is 3. The van der Waals surface area contributed by atoms with Crippen molar-refractivity contribution in [3.05, 3.63) is 24.3 Å². The molecule has 2 aliphatic rings. The summed E-state index contributed by atoms with van der Waals surface area (Å²) in [5.41, 5.74) is -0.323. The summed E-state index contributed by atoms with van der Waals surface area (Å²) in [5, 5.41) is 14.5. The maximum absolute atomic E-state index is 12.5. The minimum absolute atomic E-state index is 0.0955. The van der Waals surface area contributed by atoms with Crippen LogP contribution in [0.15, 0.2) is 24.3 Å². The number of anilines is 2. The molecular formula is C17H19N3O6. The van der Waals surface area contributed by atoms with E-state index in [2.05, 4.69) is 10.6 Å². The molecule has 2 heterocycles. The molecule has 0 radical (unpaired) electrons. The smallest absolute Gasteiger partial charge is 0.331 e. The summed E-state index contributed by atoms with van der Waals surface area (Å²) in [5.74, 6) is -2.39. The Kier molecular flexibility index (Phi) is 4.90. The van der Waals surface area contributed by atoms with E-state index in [9.17, 15) is 24.3 Å². The third-order valence-corrected chi connectivity index (χ3v) is 4.45.